The van der Waals surface area contributed by atoms with E-state index in [4.69, 9.17) is 9.47 Å². The van der Waals surface area contributed by atoms with Gasteiger partial charge in [0.2, 0.25) is 5.91 Å². The molecule has 0 aliphatic heterocycles. The monoisotopic (exact) mass is 354 g/mol. The van der Waals surface area contributed by atoms with E-state index in [0.29, 0.717) is 28.4 Å². The maximum atomic E-state index is 12.5. The fourth-order valence-electron chi connectivity index (χ4n) is 2.74. The van der Waals surface area contributed by atoms with Gasteiger partial charge in [-0.25, -0.2) is 0 Å². The summed E-state index contributed by atoms with van der Waals surface area (Å²) in [7, 11) is 3.11. The normalized spacial score (nSPS) is 13.5. The van der Waals surface area contributed by atoms with Crippen LogP contribution in [0.15, 0.2) is 42.5 Å². The van der Waals surface area contributed by atoms with E-state index < -0.39 is 0 Å². The van der Waals surface area contributed by atoms with Gasteiger partial charge in [0.25, 0.3) is 5.91 Å². The van der Waals surface area contributed by atoms with Crippen LogP contribution in [0.5, 0.6) is 11.5 Å². The molecule has 6 nitrogen and oxygen atoms in total. The summed E-state index contributed by atoms with van der Waals surface area (Å²) in [6.07, 6.45) is 2.97. The van der Waals surface area contributed by atoms with Crippen LogP contribution in [0, 0.1) is 5.92 Å². The quantitative estimate of drug-likeness (QED) is 0.829. The van der Waals surface area contributed by atoms with Crippen molar-refractivity contribution in [1.29, 1.82) is 0 Å². The average Bonchev–Trinajstić information content (AvgIpc) is 2.60. The second-order valence-corrected chi connectivity index (χ2v) is 6.21. The topological polar surface area (TPSA) is 76.7 Å². The summed E-state index contributed by atoms with van der Waals surface area (Å²) in [6.45, 7) is 0. The van der Waals surface area contributed by atoms with Crippen molar-refractivity contribution in [2.24, 2.45) is 5.92 Å². The van der Waals surface area contributed by atoms with Crippen molar-refractivity contribution < 1.29 is 19.1 Å². The lowest BCUT2D eigenvalue weighted by Crippen LogP contribution is -2.28. The molecule has 1 aliphatic rings. The van der Waals surface area contributed by atoms with Gasteiger partial charge in [0.15, 0.2) is 0 Å². The van der Waals surface area contributed by atoms with Crippen molar-refractivity contribution in [2.75, 3.05) is 24.9 Å². The van der Waals surface area contributed by atoms with Crippen molar-refractivity contribution in [2.45, 2.75) is 19.3 Å². The molecular formula is C20H22N2O4. The Morgan fingerprint density at radius 1 is 0.962 bits per heavy atom. The van der Waals surface area contributed by atoms with Crippen LogP contribution in [0.25, 0.3) is 0 Å². The van der Waals surface area contributed by atoms with E-state index in [1.54, 1.807) is 49.6 Å². The molecule has 3 rings (SSSR count). The Balaban J connectivity index is 1.74. The van der Waals surface area contributed by atoms with Gasteiger partial charge < -0.3 is 20.1 Å². The largest absolute Gasteiger partial charge is 0.497 e. The SMILES string of the molecule is COc1ccc(C(=O)Nc2cc(NC(=O)C3CCC3)ccc2OC)cc1. The Hall–Kier alpha value is -3.02. The van der Waals surface area contributed by atoms with Crippen molar-refractivity contribution in [3.8, 4) is 11.5 Å². The molecule has 26 heavy (non-hydrogen) atoms. The van der Waals surface area contributed by atoms with E-state index in [-0.39, 0.29) is 17.7 Å². The second-order valence-electron chi connectivity index (χ2n) is 6.21. The van der Waals surface area contributed by atoms with Gasteiger partial charge >= 0.3 is 0 Å². The third-order valence-electron chi connectivity index (χ3n) is 4.54. The third kappa shape index (κ3) is 3.96. The van der Waals surface area contributed by atoms with Crippen molar-refractivity contribution in [1.82, 2.24) is 0 Å². The highest BCUT2D eigenvalue weighted by Crippen LogP contribution is 2.31. The summed E-state index contributed by atoms with van der Waals surface area (Å²) < 4.78 is 10.4. The first kappa shape index (κ1) is 17.8. The number of amides is 2. The van der Waals surface area contributed by atoms with Gasteiger partial charge in [-0.2, -0.15) is 0 Å². The van der Waals surface area contributed by atoms with E-state index >= 15 is 0 Å². The zero-order chi connectivity index (χ0) is 18.5. The molecule has 2 aromatic carbocycles. The van der Waals surface area contributed by atoms with Gasteiger partial charge in [-0.1, -0.05) is 6.42 Å². The molecule has 0 radical (unpaired) electrons. The van der Waals surface area contributed by atoms with Crippen LogP contribution in [-0.2, 0) is 4.79 Å². The molecule has 0 spiro atoms. The Morgan fingerprint density at radius 2 is 1.69 bits per heavy atom. The minimum Gasteiger partial charge on any atom is -0.497 e. The van der Waals surface area contributed by atoms with Crippen LogP contribution in [0.2, 0.25) is 0 Å². The van der Waals surface area contributed by atoms with Gasteiger partial charge in [-0.3, -0.25) is 9.59 Å². The smallest absolute Gasteiger partial charge is 0.255 e. The first-order chi connectivity index (χ1) is 12.6. The molecule has 2 amide bonds. The molecule has 0 unspecified atom stereocenters. The van der Waals surface area contributed by atoms with Crippen molar-refractivity contribution >= 4 is 23.2 Å². The molecule has 0 bridgehead atoms. The summed E-state index contributed by atoms with van der Waals surface area (Å²) in [5.74, 6) is 1.05. The lowest BCUT2D eigenvalue weighted by atomic mass is 9.85. The summed E-state index contributed by atoms with van der Waals surface area (Å²) in [6, 6.07) is 12.0. The molecule has 0 atom stereocenters. The number of methoxy groups -OCH3 is 2. The highest BCUT2D eigenvalue weighted by atomic mass is 16.5. The van der Waals surface area contributed by atoms with E-state index in [1.165, 1.54) is 7.11 Å². The predicted molar refractivity (Wildman–Crippen MR) is 99.9 cm³/mol. The predicted octanol–water partition coefficient (Wildman–Crippen LogP) is 3.69. The molecule has 0 aromatic heterocycles. The number of ether oxygens (including phenoxy) is 2. The van der Waals surface area contributed by atoms with E-state index in [1.807, 2.05) is 0 Å². The summed E-state index contributed by atoms with van der Waals surface area (Å²) in [4.78, 5) is 24.6. The van der Waals surface area contributed by atoms with Gasteiger partial charge in [0, 0.05) is 17.2 Å². The first-order valence-corrected chi connectivity index (χ1v) is 8.55. The summed E-state index contributed by atoms with van der Waals surface area (Å²) in [5.41, 5.74) is 1.63. The lowest BCUT2D eigenvalue weighted by Gasteiger charge is -2.24. The Kier molecular flexibility index (Phi) is 5.41. The molecule has 6 heteroatoms. The molecule has 1 saturated carbocycles. The third-order valence-corrected chi connectivity index (χ3v) is 4.54. The first-order valence-electron chi connectivity index (χ1n) is 8.55. The van der Waals surface area contributed by atoms with Crippen molar-refractivity contribution in [3.63, 3.8) is 0 Å². The maximum absolute atomic E-state index is 12.5. The summed E-state index contributed by atoms with van der Waals surface area (Å²) in [5, 5.41) is 5.73. The van der Waals surface area contributed by atoms with E-state index in [2.05, 4.69) is 10.6 Å². The highest BCUT2D eigenvalue weighted by molar-refractivity contribution is 6.05. The second kappa shape index (κ2) is 7.91. The number of hydrogen-bond donors (Lipinski definition) is 2. The number of rotatable bonds is 6. The molecule has 136 valence electrons. The Labute approximate surface area is 152 Å². The fourth-order valence-corrected chi connectivity index (χ4v) is 2.74. The molecular weight excluding hydrogens is 332 g/mol. The highest BCUT2D eigenvalue weighted by Gasteiger charge is 2.25. The molecule has 2 aromatic rings. The number of nitrogens with one attached hydrogen (secondary N) is 2. The van der Waals surface area contributed by atoms with Crippen LogP contribution in [-0.4, -0.2) is 26.0 Å². The number of benzene rings is 2. The van der Waals surface area contributed by atoms with E-state index in [0.717, 1.165) is 19.3 Å². The standard InChI is InChI=1S/C20H22N2O4/c1-25-16-9-6-14(7-10-16)20(24)22-17-12-15(8-11-18(17)26-2)21-19(23)13-4-3-5-13/h6-13H,3-5H2,1-2H3,(H,21,23)(H,22,24). The van der Waals surface area contributed by atoms with Gasteiger partial charge in [0.05, 0.1) is 19.9 Å². The van der Waals surface area contributed by atoms with E-state index in [9.17, 15) is 9.59 Å². The molecule has 1 fully saturated rings. The van der Waals surface area contributed by atoms with Gasteiger partial charge in [0.1, 0.15) is 11.5 Å². The molecule has 2 N–H and O–H groups in total. The van der Waals surface area contributed by atoms with Crippen LogP contribution < -0.4 is 20.1 Å². The maximum Gasteiger partial charge on any atom is 0.255 e. The molecule has 0 saturated heterocycles. The van der Waals surface area contributed by atoms with Gasteiger partial charge in [-0.05, 0) is 55.3 Å². The number of anilines is 2. The van der Waals surface area contributed by atoms with Crippen LogP contribution in [0.3, 0.4) is 0 Å². The number of hydrogen-bond acceptors (Lipinski definition) is 4. The number of carbonyl (C=O) groups excluding carboxylic acids is 2. The van der Waals surface area contributed by atoms with Gasteiger partial charge in [-0.15, -0.1) is 0 Å². The molecule has 0 heterocycles. The number of carbonyl (C=O) groups is 2. The minimum absolute atomic E-state index is 0.0221. The fraction of sp³-hybridized carbons (Fsp3) is 0.300. The van der Waals surface area contributed by atoms with Crippen LogP contribution in [0.4, 0.5) is 11.4 Å². The van der Waals surface area contributed by atoms with Crippen LogP contribution >= 0.6 is 0 Å². The average molecular weight is 354 g/mol. The van der Waals surface area contributed by atoms with Crippen molar-refractivity contribution in [3.05, 3.63) is 48.0 Å². The summed E-state index contributed by atoms with van der Waals surface area (Å²) >= 11 is 0. The van der Waals surface area contributed by atoms with Crippen LogP contribution in [0.1, 0.15) is 29.6 Å². The molecule has 1 aliphatic carbocycles. The zero-order valence-corrected chi connectivity index (χ0v) is 14.9. The Bertz CT molecular complexity index is 798. The minimum atomic E-state index is -0.270. The Morgan fingerprint density at radius 3 is 2.27 bits per heavy atom. The lowest BCUT2D eigenvalue weighted by molar-refractivity contribution is -0.122. The zero-order valence-electron chi connectivity index (χ0n) is 14.9.